The van der Waals surface area contributed by atoms with Crippen molar-refractivity contribution >= 4 is 46.3 Å². The van der Waals surface area contributed by atoms with E-state index in [1.54, 1.807) is 17.8 Å². The zero-order valence-corrected chi connectivity index (χ0v) is 14.0. The predicted octanol–water partition coefficient (Wildman–Crippen LogP) is 2.44. The second kappa shape index (κ2) is 8.22. The summed E-state index contributed by atoms with van der Waals surface area (Å²) < 4.78 is 0. The van der Waals surface area contributed by atoms with Crippen molar-refractivity contribution in [2.24, 2.45) is 5.10 Å². The van der Waals surface area contributed by atoms with Gasteiger partial charge in [-0.2, -0.15) is 10.1 Å². The maximum atomic E-state index is 11.7. The van der Waals surface area contributed by atoms with E-state index in [9.17, 15) is 4.79 Å². The normalized spacial score (nSPS) is 10.8. The molecule has 0 radical (unpaired) electrons. The summed E-state index contributed by atoms with van der Waals surface area (Å²) in [5, 5.41) is 16.3. The second-order valence-corrected chi connectivity index (χ2v) is 6.26. The number of nitrogens with zero attached hydrogens (tertiary/aromatic N) is 4. The summed E-state index contributed by atoms with van der Waals surface area (Å²) >= 11 is 2.59. The molecule has 10 heteroatoms. The molecule has 24 heavy (non-hydrogen) atoms. The summed E-state index contributed by atoms with van der Waals surface area (Å²) in [5.41, 5.74) is 3.73. The second-order valence-electron chi connectivity index (χ2n) is 4.42. The third-order valence-corrected chi connectivity index (χ3v) is 4.20. The van der Waals surface area contributed by atoms with Crippen molar-refractivity contribution < 1.29 is 4.79 Å². The molecule has 3 rings (SSSR count). The highest BCUT2D eigenvalue weighted by molar-refractivity contribution is 7.99. The van der Waals surface area contributed by atoms with Gasteiger partial charge in [0, 0.05) is 11.6 Å². The van der Waals surface area contributed by atoms with E-state index in [0.29, 0.717) is 16.2 Å². The molecule has 122 valence electrons. The number of amides is 1. The number of thioether (sulfide) groups is 1. The molecule has 3 aromatic rings. The van der Waals surface area contributed by atoms with Crippen LogP contribution in [0.3, 0.4) is 0 Å². The van der Waals surface area contributed by atoms with E-state index in [4.69, 9.17) is 0 Å². The van der Waals surface area contributed by atoms with Gasteiger partial charge in [0.15, 0.2) is 5.13 Å². The number of hydrogen-bond acceptors (Lipinski definition) is 8. The Bertz CT molecular complexity index is 802. The molecule has 1 amide bonds. The van der Waals surface area contributed by atoms with Crippen molar-refractivity contribution in [1.29, 1.82) is 0 Å². The van der Waals surface area contributed by atoms with Crippen LogP contribution in [0.2, 0.25) is 0 Å². The SMILES string of the molecule is O=C(CSc1n[nH]c(N/N=C\c2ccccc2)n1)Nc1nccs1. The number of hydrazone groups is 1. The highest BCUT2D eigenvalue weighted by atomic mass is 32.2. The minimum atomic E-state index is -0.156. The molecule has 0 saturated carbocycles. The average Bonchev–Trinajstić information content (AvgIpc) is 3.26. The minimum Gasteiger partial charge on any atom is -0.301 e. The zero-order valence-electron chi connectivity index (χ0n) is 12.3. The predicted molar refractivity (Wildman–Crippen MR) is 95.5 cm³/mol. The Hall–Kier alpha value is -2.72. The molecule has 0 unspecified atom stereocenters. The van der Waals surface area contributed by atoms with E-state index in [2.05, 4.69) is 36.0 Å². The Morgan fingerprint density at radius 1 is 1.38 bits per heavy atom. The zero-order chi connectivity index (χ0) is 16.6. The standard InChI is InChI=1S/C14H13N7OS2/c22-11(17-13-15-6-7-23-13)9-24-14-18-12(20-21-14)19-16-8-10-4-2-1-3-5-10/h1-8H,9H2,(H,15,17,22)(H2,18,19,20,21)/b16-8-. The summed E-state index contributed by atoms with van der Waals surface area (Å²) in [6, 6.07) is 9.68. The summed E-state index contributed by atoms with van der Waals surface area (Å²) in [6.07, 6.45) is 3.31. The fraction of sp³-hybridized carbons (Fsp3) is 0.0714. The summed E-state index contributed by atoms with van der Waals surface area (Å²) in [7, 11) is 0. The highest BCUT2D eigenvalue weighted by Crippen LogP contribution is 2.15. The number of thiazole rings is 1. The molecule has 2 aromatic heterocycles. The van der Waals surface area contributed by atoms with Crippen LogP contribution >= 0.6 is 23.1 Å². The smallest absolute Gasteiger partial charge is 0.240 e. The first kappa shape index (κ1) is 16.1. The van der Waals surface area contributed by atoms with Gasteiger partial charge < -0.3 is 5.32 Å². The first-order valence-electron chi connectivity index (χ1n) is 6.88. The molecule has 2 heterocycles. The van der Waals surface area contributed by atoms with Crippen LogP contribution in [0.5, 0.6) is 0 Å². The van der Waals surface area contributed by atoms with Gasteiger partial charge in [-0.1, -0.05) is 42.1 Å². The third-order valence-electron chi connectivity index (χ3n) is 2.66. The van der Waals surface area contributed by atoms with Gasteiger partial charge in [0.25, 0.3) is 0 Å². The average molecular weight is 359 g/mol. The molecule has 0 aliphatic carbocycles. The van der Waals surface area contributed by atoms with Crippen LogP contribution in [-0.4, -0.2) is 38.0 Å². The van der Waals surface area contributed by atoms with Gasteiger partial charge >= 0.3 is 0 Å². The number of rotatable bonds is 7. The molecule has 8 nitrogen and oxygen atoms in total. The molecular weight excluding hydrogens is 346 g/mol. The van der Waals surface area contributed by atoms with Crippen molar-refractivity contribution in [3.63, 3.8) is 0 Å². The molecule has 0 aliphatic heterocycles. The summed E-state index contributed by atoms with van der Waals surface area (Å²) in [4.78, 5) is 19.9. The Morgan fingerprint density at radius 3 is 3.04 bits per heavy atom. The maximum absolute atomic E-state index is 11.7. The van der Waals surface area contributed by atoms with Crippen LogP contribution in [0.25, 0.3) is 0 Å². The largest absolute Gasteiger partial charge is 0.301 e. The lowest BCUT2D eigenvalue weighted by molar-refractivity contribution is -0.113. The Morgan fingerprint density at radius 2 is 2.25 bits per heavy atom. The molecule has 0 saturated heterocycles. The van der Waals surface area contributed by atoms with Crippen LogP contribution in [0.1, 0.15) is 5.56 Å². The fourth-order valence-corrected chi connectivity index (χ4v) is 2.78. The van der Waals surface area contributed by atoms with Crippen LogP contribution in [0, 0.1) is 0 Å². The van der Waals surface area contributed by atoms with E-state index in [0.717, 1.165) is 5.56 Å². The van der Waals surface area contributed by atoms with E-state index < -0.39 is 0 Å². The fourth-order valence-electron chi connectivity index (χ4n) is 1.64. The number of carbonyl (C=O) groups excluding carboxylic acids is 1. The molecule has 0 bridgehead atoms. The van der Waals surface area contributed by atoms with E-state index in [1.165, 1.54) is 23.1 Å². The Kier molecular flexibility index (Phi) is 5.53. The van der Waals surface area contributed by atoms with Gasteiger partial charge in [-0.15, -0.1) is 16.4 Å². The number of H-pyrrole nitrogens is 1. The van der Waals surface area contributed by atoms with Crippen LogP contribution < -0.4 is 10.7 Å². The van der Waals surface area contributed by atoms with Gasteiger partial charge in [-0.25, -0.2) is 15.5 Å². The molecule has 0 spiro atoms. The number of aromatic amines is 1. The lowest BCUT2D eigenvalue weighted by Crippen LogP contribution is -2.13. The van der Waals surface area contributed by atoms with Crippen LogP contribution in [-0.2, 0) is 4.79 Å². The number of nitrogens with one attached hydrogen (secondary N) is 3. The van der Waals surface area contributed by atoms with Gasteiger partial charge in [0.05, 0.1) is 12.0 Å². The lowest BCUT2D eigenvalue weighted by atomic mass is 10.2. The Labute approximate surface area is 145 Å². The van der Waals surface area contributed by atoms with E-state index in [1.807, 2.05) is 30.3 Å². The number of anilines is 2. The number of benzene rings is 1. The number of hydrogen-bond donors (Lipinski definition) is 3. The molecule has 0 atom stereocenters. The lowest BCUT2D eigenvalue weighted by Gasteiger charge is -1.98. The molecule has 1 aromatic carbocycles. The van der Waals surface area contributed by atoms with Crippen molar-refractivity contribution in [2.75, 3.05) is 16.5 Å². The molecular formula is C14H13N7OS2. The monoisotopic (exact) mass is 359 g/mol. The van der Waals surface area contributed by atoms with Gasteiger partial charge in [-0.05, 0) is 5.56 Å². The van der Waals surface area contributed by atoms with Crippen molar-refractivity contribution in [2.45, 2.75) is 5.16 Å². The minimum absolute atomic E-state index is 0.156. The van der Waals surface area contributed by atoms with Crippen molar-refractivity contribution in [3.8, 4) is 0 Å². The topological polar surface area (TPSA) is 108 Å². The van der Waals surface area contributed by atoms with E-state index >= 15 is 0 Å². The van der Waals surface area contributed by atoms with Crippen molar-refractivity contribution in [1.82, 2.24) is 20.2 Å². The van der Waals surface area contributed by atoms with E-state index in [-0.39, 0.29) is 11.7 Å². The summed E-state index contributed by atoms with van der Waals surface area (Å²) in [6.45, 7) is 0. The third kappa shape index (κ3) is 4.89. The first-order chi connectivity index (χ1) is 11.8. The maximum Gasteiger partial charge on any atom is 0.240 e. The molecule has 0 aliphatic rings. The van der Waals surface area contributed by atoms with Crippen molar-refractivity contribution in [3.05, 3.63) is 47.5 Å². The van der Waals surface area contributed by atoms with Gasteiger partial charge in [-0.3, -0.25) is 4.79 Å². The highest BCUT2D eigenvalue weighted by Gasteiger charge is 2.08. The van der Waals surface area contributed by atoms with Gasteiger partial charge in [0.2, 0.25) is 17.0 Å². The van der Waals surface area contributed by atoms with Gasteiger partial charge in [0.1, 0.15) is 0 Å². The summed E-state index contributed by atoms with van der Waals surface area (Å²) in [5.74, 6) is 0.450. The van der Waals surface area contributed by atoms with Crippen LogP contribution in [0.15, 0.2) is 52.2 Å². The quantitative estimate of drug-likeness (QED) is 0.340. The van der Waals surface area contributed by atoms with Crippen LogP contribution in [0.4, 0.5) is 11.1 Å². The first-order valence-corrected chi connectivity index (χ1v) is 8.75. The number of aromatic nitrogens is 4. The molecule has 0 fully saturated rings. The Balaban J connectivity index is 1.45. The molecule has 3 N–H and O–H groups in total. The number of carbonyl (C=O) groups is 1.